The van der Waals surface area contributed by atoms with Crippen LogP contribution in [0.4, 0.5) is 0 Å². The van der Waals surface area contributed by atoms with Crippen LogP contribution in [0.1, 0.15) is 37.7 Å². The van der Waals surface area contributed by atoms with E-state index in [9.17, 15) is 24.3 Å². The molecule has 222 valence electrons. The molecule has 1 aromatic carbocycles. The van der Waals surface area contributed by atoms with Crippen molar-refractivity contribution in [3.8, 4) is 0 Å². The minimum atomic E-state index is -1.14. The standard InChI is InChI=1S/C27H42N6O5S2/c1-39-13-10-19(29)24(34)33-23(15-17-16-30-20-8-4-3-7-18(17)20)26(36)31-21(9-5-6-12-28)25(35)32-22(27(37)38)11-14-40-2/h3-4,7-8,16,19,21-23,30H,5-6,9-15,28-29H2,1-2H3,(H,31,36)(H,32,35)(H,33,34)(H,37,38). The maximum atomic E-state index is 13.6. The summed E-state index contributed by atoms with van der Waals surface area (Å²) >= 11 is 3.05. The van der Waals surface area contributed by atoms with Gasteiger partial charge in [-0.15, -0.1) is 0 Å². The fourth-order valence-corrected chi connectivity index (χ4v) is 5.14. The first-order chi connectivity index (χ1) is 19.2. The van der Waals surface area contributed by atoms with Crippen LogP contribution >= 0.6 is 23.5 Å². The molecule has 0 bridgehead atoms. The Morgan fingerprint density at radius 2 is 1.50 bits per heavy atom. The largest absolute Gasteiger partial charge is 0.480 e. The van der Waals surface area contributed by atoms with Crippen molar-refractivity contribution < 1.29 is 24.3 Å². The number of carbonyl (C=O) groups is 4. The Morgan fingerprint density at radius 3 is 2.17 bits per heavy atom. The molecule has 0 aliphatic heterocycles. The third-order valence-electron chi connectivity index (χ3n) is 6.51. The van der Waals surface area contributed by atoms with Crippen molar-refractivity contribution in [2.45, 2.75) is 62.7 Å². The number of H-pyrrole nitrogens is 1. The van der Waals surface area contributed by atoms with Gasteiger partial charge in [-0.2, -0.15) is 23.5 Å². The van der Waals surface area contributed by atoms with Gasteiger partial charge in [-0.05, 0) is 74.3 Å². The molecule has 2 aromatic rings. The molecule has 3 amide bonds. The second kappa shape index (κ2) is 17.8. The van der Waals surface area contributed by atoms with Gasteiger partial charge in [0.15, 0.2) is 0 Å². The van der Waals surface area contributed by atoms with Gasteiger partial charge in [0.1, 0.15) is 18.1 Å². The fourth-order valence-electron chi connectivity index (χ4n) is 4.18. The number of aromatic nitrogens is 1. The second-order valence-electron chi connectivity index (χ2n) is 9.54. The second-order valence-corrected chi connectivity index (χ2v) is 11.5. The van der Waals surface area contributed by atoms with E-state index in [2.05, 4.69) is 20.9 Å². The Morgan fingerprint density at radius 1 is 0.875 bits per heavy atom. The molecular formula is C27H42N6O5S2. The van der Waals surface area contributed by atoms with Crippen LogP contribution < -0.4 is 27.4 Å². The quantitative estimate of drug-likeness (QED) is 0.117. The van der Waals surface area contributed by atoms with Crippen LogP contribution in [0.25, 0.3) is 10.9 Å². The van der Waals surface area contributed by atoms with E-state index in [0.29, 0.717) is 37.3 Å². The van der Waals surface area contributed by atoms with Crippen LogP contribution in [0.3, 0.4) is 0 Å². The summed E-state index contributed by atoms with van der Waals surface area (Å²) in [5.41, 5.74) is 13.4. The van der Waals surface area contributed by atoms with E-state index >= 15 is 0 Å². The van der Waals surface area contributed by atoms with E-state index in [0.717, 1.165) is 16.5 Å². The summed E-state index contributed by atoms with van der Waals surface area (Å²) in [6, 6.07) is 3.75. The Hall–Kier alpha value is -2.74. The minimum absolute atomic E-state index is 0.166. The van der Waals surface area contributed by atoms with Crippen LogP contribution in [0, 0.1) is 0 Å². The molecule has 0 saturated heterocycles. The van der Waals surface area contributed by atoms with Crippen LogP contribution in [0.2, 0.25) is 0 Å². The van der Waals surface area contributed by atoms with E-state index in [4.69, 9.17) is 11.5 Å². The average molecular weight is 595 g/mol. The zero-order valence-electron chi connectivity index (χ0n) is 23.1. The summed E-state index contributed by atoms with van der Waals surface area (Å²) in [6.07, 6.45) is 7.88. The number of carboxylic acid groups (broad SMARTS) is 1. The highest BCUT2D eigenvalue weighted by Gasteiger charge is 2.30. The van der Waals surface area contributed by atoms with E-state index in [1.165, 1.54) is 11.8 Å². The third kappa shape index (κ3) is 10.7. The minimum Gasteiger partial charge on any atom is -0.480 e. The number of hydrogen-bond acceptors (Lipinski definition) is 8. The van der Waals surface area contributed by atoms with Gasteiger partial charge in [0.05, 0.1) is 6.04 Å². The normalized spacial score (nSPS) is 14.2. The summed E-state index contributed by atoms with van der Waals surface area (Å²) < 4.78 is 0. The number of carbonyl (C=O) groups excluding carboxylic acids is 3. The number of unbranched alkanes of at least 4 members (excludes halogenated alkanes) is 1. The number of para-hydroxylation sites is 1. The van der Waals surface area contributed by atoms with Crippen LogP contribution in [0.5, 0.6) is 0 Å². The SMILES string of the molecule is CSCCC(N)C(=O)NC(Cc1c[nH]c2ccccc12)C(=O)NC(CCCCN)C(=O)NC(CCSC)C(=O)O. The maximum absolute atomic E-state index is 13.6. The number of fused-ring (bicyclic) bond motifs is 1. The van der Waals surface area contributed by atoms with Crippen molar-refractivity contribution in [3.05, 3.63) is 36.0 Å². The molecule has 2 rings (SSSR count). The third-order valence-corrected chi connectivity index (χ3v) is 7.79. The molecule has 4 unspecified atom stereocenters. The molecule has 0 aliphatic carbocycles. The number of carboxylic acids is 1. The predicted octanol–water partition coefficient (Wildman–Crippen LogP) is 1.21. The number of aliphatic carboxylic acids is 1. The van der Waals surface area contributed by atoms with Crippen molar-refractivity contribution in [2.24, 2.45) is 11.5 Å². The van der Waals surface area contributed by atoms with Crippen LogP contribution in [-0.2, 0) is 25.6 Å². The molecule has 13 heteroatoms. The molecule has 1 heterocycles. The zero-order chi connectivity index (χ0) is 29.5. The number of amides is 3. The van der Waals surface area contributed by atoms with Gasteiger partial charge < -0.3 is 37.5 Å². The zero-order valence-corrected chi connectivity index (χ0v) is 24.7. The summed E-state index contributed by atoms with van der Waals surface area (Å²) in [4.78, 5) is 54.6. The van der Waals surface area contributed by atoms with E-state index in [1.54, 1.807) is 18.0 Å². The van der Waals surface area contributed by atoms with Gasteiger partial charge in [0, 0.05) is 23.5 Å². The molecule has 0 saturated carbocycles. The number of aromatic amines is 1. The summed E-state index contributed by atoms with van der Waals surface area (Å²) in [6.45, 7) is 0.418. The van der Waals surface area contributed by atoms with Gasteiger partial charge in [0.25, 0.3) is 0 Å². The summed E-state index contributed by atoms with van der Waals surface area (Å²) in [7, 11) is 0. The number of rotatable bonds is 19. The number of nitrogens with two attached hydrogens (primary N) is 2. The lowest BCUT2D eigenvalue weighted by atomic mass is 10.0. The van der Waals surface area contributed by atoms with E-state index in [-0.39, 0.29) is 19.3 Å². The first-order valence-electron chi connectivity index (χ1n) is 13.3. The van der Waals surface area contributed by atoms with Gasteiger partial charge in [-0.3, -0.25) is 14.4 Å². The van der Waals surface area contributed by atoms with E-state index in [1.807, 2.05) is 36.8 Å². The van der Waals surface area contributed by atoms with Crippen LogP contribution in [-0.4, -0.2) is 88.5 Å². The lowest BCUT2D eigenvalue weighted by Crippen LogP contribution is -2.57. The molecule has 1 aromatic heterocycles. The van der Waals surface area contributed by atoms with E-state index < -0.39 is 47.9 Å². The number of thioether (sulfide) groups is 2. The molecule has 4 atom stereocenters. The van der Waals surface area contributed by atoms with Crippen LogP contribution in [0.15, 0.2) is 30.5 Å². The molecular weight excluding hydrogens is 552 g/mol. The Balaban J connectivity index is 2.27. The molecule has 40 heavy (non-hydrogen) atoms. The average Bonchev–Trinajstić information content (AvgIpc) is 3.35. The smallest absolute Gasteiger partial charge is 0.326 e. The van der Waals surface area contributed by atoms with Gasteiger partial charge >= 0.3 is 5.97 Å². The van der Waals surface area contributed by atoms with Crippen molar-refractivity contribution >= 4 is 58.1 Å². The highest BCUT2D eigenvalue weighted by Crippen LogP contribution is 2.19. The van der Waals surface area contributed by atoms with Gasteiger partial charge in [-0.25, -0.2) is 4.79 Å². The first kappa shape index (κ1) is 33.5. The molecule has 0 aliphatic rings. The van der Waals surface area contributed by atoms with Crippen molar-refractivity contribution in [2.75, 3.05) is 30.6 Å². The summed E-state index contributed by atoms with van der Waals surface area (Å²) in [5, 5.41) is 18.6. The highest BCUT2D eigenvalue weighted by atomic mass is 32.2. The fraction of sp³-hybridized carbons (Fsp3) is 0.556. The lowest BCUT2D eigenvalue weighted by Gasteiger charge is -2.25. The molecule has 0 spiro atoms. The van der Waals surface area contributed by atoms with Crippen molar-refractivity contribution in [3.63, 3.8) is 0 Å². The van der Waals surface area contributed by atoms with Gasteiger partial charge in [0.2, 0.25) is 17.7 Å². The predicted molar refractivity (Wildman–Crippen MR) is 162 cm³/mol. The number of hydrogen-bond donors (Lipinski definition) is 7. The van der Waals surface area contributed by atoms with Crippen molar-refractivity contribution in [1.29, 1.82) is 0 Å². The topological polar surface area (TPSA) is 192 Å². The monoisotopic (exact) mass is 594 g/mol. The molecule has 9 N–H and O–H groups in total. The Labute approximate surface area is 243 Å². The summed E-state index contributed by atoms with van der Waals surface area (Å²) in [5.74, 6) is -1.50. The number of benzene rings is 1. The molecule has 0 fully saturated rings. The first-order valence-corrected chi connectivity index (χ1v) is 16.1. The molecule has 11 nitrogen and oxygen atoms in total. The highest BCUT2D eigenvalue weighted by molar-refractivity contribution is 7.98. The lowest BCUT2D eigenvalue weighted by molar-refractivity contribution is -0.142. The number of nitrogens with one attached hydrogen (secondary N) is 4. The maximum Gasteiger partial charge on any atom is 0.326 e. The Kier molecular flexibility index (Phi) is 14.9. The van der Waals surface area contributed by atoms with Gasteiger partial charge in [-0.1, -0.05) is 18.2 Å². The molecule has 0 radical (unpaired) electrons. The van der Waals surface area contributed by atoms with Crippen molar-refractivity contribution in [1.82, 2.24) is 20.9 Å². The Bertz CT molecular complexity index is 1110.